The van der Waals surface area contributed by atoms with E-state index in [1.807, 2.05) is 48.5 Å². The van der Waals surface area contributed by atoms with E-state index in [0.29, 0.717) is 16.6 Å². The monoisotopic (exact) mass is 382 g/mol. The zero-order valence-electron chi connectivity index (χ0n) is 14.1. The molecule has 130 valence electrons. The van der Waals surface area contributed by atoms with Gasteiger partial charge in [-0.2, -0.15) is 0 Å². The maximum Gasteiger partial charge on any atom is 0.141 e. The van der Waals surface area contributed by atoms with E-state index in [9.17, 15) is 0 Å². The van der Waals surface area contributed by atoms with Gasteiger partial charge >= 0.3 is 0 Å². The van der Waals surface area contributed by atoms with E-state index >= 15 is 0 Å². The minimum Gasteiger partial charge on any atom is -0.497 e. The van der Waals surface area contributed by atoms with Crippen LogP contribution < -0.4 is 4.74 Å². The van der Waals surface area contributed by atoms with E-state index in [2.05, 4.69) is 16.7 Å². The molecule has 0 saturated carbocycles. The van der Waals surface area contributed by atoms with Crippen LogP contribution in [0.25, 0.3) is 22.4 Å². The Labute approximate surface area is 161 Å². The molecule has 0 aliphatic heterocycles. The van der Waals surface area contributed by atoms with Crippen molar-refractivity contribution in [2.75, 3.05) is 7.11 Å². The molecule has 0 aliphatic rings. The van der Waals surface area contributed by atoms with Crippen LogP contribution in [0.3, 0.4) is 0 Å². The summed E-state index contributed by atoms with van der Waals surface area (Å²) in [5, 5.41) is 1.17. The Balaban J connectivity index is 1.94. The molecule has 0 spiro atoms. The Kier molecular flexibility index (Phi) is 4.58. The summed E-state index contributed by atoms with van der Waals surface area (Å²) in [5.41, 5.74) is 3.96. The molecule has 4 rings (SSSR count). The van der Waals surface area contributed by atoms with Crippen molar-refractivity contribution in [3.8, 4) is 17.1 Å². The quantitative estimate of drug-likeness (QED) is 0.428. The van der Waals surface area contributed by atoms with Crippen LogP contribution in [0, 0.1) is 0 Å². The normalized spacial score (nSPS) is 11.0. The third-order valence-electron chi connectivity index (χ3n) is 4.26. The maximum absolute atomic E-state index is 6.22. The molecular formula is C21H16Cl2N2O. The van der Waals surface area contributed by atoms with E-state index < -0.39 is 0 Å². The molecule has 0 bridgehead atoms. The van der Waals surface area contributed by atoms with Gasteiger partial charge in [0, 0.05) is 28.2 Å². The Morgan fingerprint density at radius 1 is 0.923 bits per heavy atom. The third-order valence-corrected chi connectivity index (χ3v) is 4.70. The Hall–Kier alpha value is -2.49. The number of nitrogens with zero attached hydrogens (tertiary/aromatic N) is 2. The molecular weight excluding hydrogens is 367 g/mol. The largest absolute Gasteiger partial charge is 0.497 e. The summed E-state index contributed by atoms with van der Waals surface area (Å²) in [7, 11) is 1.66. The van der Waals surface area contributed by atoms with Gasteiger partial charge in [0.05, 0.1) is 18.1 Å². The van der Waals surface area contributed by atoms with Gasteiger partial charge in [0.25, 0.3) is 0 Å². The lowest BCUT2D eigenvalue weighted by atomic mass is 10.2. The molecule has 5 heteroatoms. The van der Waals surface area contributed by atoms with Crippen LogP contribution in [0.15, 0.2) is 66.7 Å². The fourth-order valence-electron chi connectivity index (χ4n) is 3.06. The van der Waals surface area contributed by atoms with Crippen LogP contribution in [-0.4, -0.2) is 16.7 Å². The van der Waals surface area contributed by atoms with Gasteiger partial charge in [-0.15, -0.1) is 0 Å². The molecule has 0 aliphatic carbocycles. The Morgan fingerprint density at radius 3 is 2.35 bits per heavy atom. The van der Waals surface area contributed by atoms with Crippen LogP contribution in [0.5, 0.6) is 5.75 Å². The van der Waals surface area contributed by atoms with E-state index in [4.69, 9.17) is 32.9 Å². The molecule has 0 atom stereocenters. The van der Waals surface area contributed by atoms with E-state index in [-0.39, 0.29) is 0 Å². The van der Waals surface area contributed by atoms with Crippen LogP contribution in [0.2, 0.25) is 10.0 Å². The second kappa shape index (κ2) is 7.02. The number of fused-ring (bicyclic) bond motifs is 1. The van der Waals surface area contributed by atoms with E-state index in [1.165, 1.54) is 5.56 Å². The predicted molar refractivity (Wildman–Crippen MR) is 107 cm³/mol. The fraction of sp³-hybridized carbons (Fsp3) is 0.0952. The van der Waals surface area contributed by atoms with E-state index in [0.717, 1.165) is 28.2 Å². The SMILES string of the molecule is COc1ccc2nc(-c3cc(Cl)cc(Cl)c3)n(Cc3ccccc3)c2c1. The lowest BCUT2D eigenvalue weighted by molar-refractivity contribution is 0.415. The van der Waals surface area contributed by atoms with Crippen LogP contribution in [0.1, 0.15) is 5.56 Å². The van der Waals surface area contributed by atoms with Crippen molar-refractivity contribution in [2.45, 2.75) is 6.54 Å². The number of aromatic nitrogens is 2. The van der Waals surface area contributed by atoms with Crippen molar-refractivity contribution >= 4 is 34.2 Å². The number of ether oxygens (including phenoxy) is 1. The minimum atomic E-state index is 0.586. The van der Waals surface area contributed by atoms with Gasteiger partial charge in [-0.3, -0.25) is 0 Å². The van der Waals surface area contributed by atoms with Crippen molar-refractivity contribution < 1.29 is 4.74 Å². The zero-order chi connectivity index (χ0) is 18.1. The number of rotatable bonds is 4. The summed E-state index contributed by atoms with van der Waals surface area (Å²) in [6.07, 6.45) is 0. The summed E-state index contributed by atoms with van der Waals surface area (Å²) < 4.78 is 7.56. The first-order valence-electron chi connectivity index (χ1n) is 8.19. The fourth-order valence-corrected chi connectivity index (χ4v) is 3.58. The number of hydrogen-bond donors (Lipinski definition) is 0. The minimum absolute atomic E-state index is 0.586. The first-order chi connectivity index (χ1) is 12.6. The molecule has 0 amide bonds. The van der Waals surface area contributed by atoms with Crippen molar-refractivity contribution in [3.05, 3.63) is 82.3 Å². The van der Waals surface area contributed by atoms with Gasteiger partial charge in [-0.1, -0.05) is 53.5 Å². The third kappa shape index (κ3) is 3.28. The molecule has 0 fully saturated rings. The van der Waals surface area contributed by atoms with Crippen molar-refractivity contribution in [1.82, 2.24) is 9.55 Å². The van der Waals surface area contributed by atoms with Gasteiger partial charge in [0.15, 0.2) is 0 Å². The molecule has 0 unspecified atom stereocenters. The van der Waals surface area contributed by atoms with Gasteiger partial charge < -0.3 is 9.30 Å². The van der Waals surface area contributed by atoms with Gasteiger partial charge in [0.2, 0.25) is 0 Å². The van der Waals surface area contributed by atoms with E-state index in [1.54, 1.807) is 13.2 Å². The van der Waals surface area contributed by atoms with Gasteiger partial charge in [-0.05, 0) is 35.9 Å². The molecule has 3 aromatic carbocycles. The summed E-state index contributed by atoms with van der Waals surface area (Å²) in [6.45, 7) is 0.684. The lowest BCUT2D eigenvalue weighted by Crippen LogP contribution is -2.02. The molecule has 26 heavy (non-hydrogen) atoms. The Bertz CT molecular complexity index is 1050. The number of methoxy groups -OCH3 is 1. The summed E-state index contributed by atoms with van der Waals surface area (Å²) in [4.78, 5) is 4.83. The number of imidazole rings is 1. The summed E-state index contributed by atoms with van der Waals surface area (Å²) >= 11 is 12.4. The van der Waals surface area contributed by atoms with Crippen LogP contribution in [0.4, 0.5) is 0 Å². The first kappa shape index (κ1) is 17.0. The molecule has 4 aromatic rings. The average Bonchev–Trinajstić information content (AvgIpc) is 2.99. The van der Waals surface area contributed by atoms with Gasteiger partial charge in [0.1, 0.15) is 11.6 Å². The summed E-state index contributed by atoms with van der Waals surface area (Å²) in [6, 6.07) is 21.6. The maximum atomic E-state index is 6.22. The average molecular weight is 383 g/mol. The highest BCUT2D eigenvalue weighted by Gasteiger charge is 2.15. The molecule has 3 nitrogen and oxygen atoms in total. The zero-order valence-corrected chi connectivity index (χ0v) is 15.6. The molecule has 0 radical (unpaired) electrons. The highest BCUT2D eigenvalue weighted by atomic mass is 35.5. The standard InChI is InChI=1S/C21H16Cl2N2O/c1-26-18-7-8-19-20(12-18)25(13-14-5-3-2-4-6-14)21(24-19)15-9-16(22)11-17(23)10-15/h2-12H,13H2,1H3. The lowest BCUT2D eigenvalue weighted by Gasteiger charge is -2.11. The van der Waals surface area contributed by atoms with Crippen molar-refractivity contribution in [2.24, 2.45) is 0 Å². The van der Waals surface area contributed by atoms with Crippen molar-refractivity contribution in [1.29, 1.82) is 0 Å². The first-order valence-corrected chi connectivity index (χ1v) is 8.94. The molecule has 1 heterocycles. The molecule has 0 saturated heterocycles. The summed E-state index contributed by atoms with van der Waals surface area (Å²) in [5.74, 6) is 1.61. The smallest absolute Gasteiger partial charge is 0.141 e. The highest BCUT2D eigenvalue weighted by Crippen LogP contribution is 2.31. The second-order valence-electron chi connectivity index (χ2n) is 6.02. The van der Waals surface area contributed by atoms with Crippen LogP contribution >= 0.6 is 23.2 Å². The van der Waals surface area contributed by atoms with Crippen molar-refractivity contribution in [3.63, 3.8) is 0 Å². The highest BCUT2D eigenvalue weighted by molar-refractivity contribution is 6.35. The van der Waals surface area contributed by atoms with Crippen LogP contribution in [-0.2, 0) is 6.54 Å². The second-order valence-corrected chi connectivity index (χ2v) is 6.89. The predicted octanol–water partition coefficient (Wildman–Crippen LogP) is 6.07. The molecule has 1 aromatic heterocycles. The number of hydrogen-bond acceptors (Lipinski definition) is 2. The topological polar surface area (TPSA) is 27.1 Å². The number of halogens is 2. The molecule has 0 N–H and O–H groups in total. The number of benzene rings is 3. The Morgan fingerprint density at radius 2 is 1.65 bits per heavy atom. The van der Waals surface area contributed by atoms with Gasteiger partial charge in [-0.25, -0.2) is 4.98 Å².